The molecule has 1 unspecified atom stereocenters. The summed E-state index contributed by atoms with van der Waals surface area (Å²) in [7, 11) is 0. The fourth-order valence-electron chi connectivity index (χ4n) is 7.37. The van der Waals surface area contributed by atoms with Crippen LogP contribution in [0.1, 0.15) is 28.5 Å². The summed E-state index contributed by atoms with van der Waals surface area (Å²) in [5.74, 6) is 0. The first-order chi connectivity index (χ1) is 20.8. The van der Waals surface area contributed by atoms with Crippen molar-refractivity contribution in [2.45, 2.75) is 23.1 Å². The van der Waals surface area contributed by atoms with Gasteiger partial charge in [0.2, 0.25) is 0 Å². The Balaban J connectivity index is 1.02. The van der Waals surface area contributed by atoms with E-state index in [9.17, 15) is 0 Å². The van der Waals surface area contributed by atoms with E-state index in [2.05, 4.69) is 115 Å². The van der Waals surface area contributed by atoms with Crippen LogP contribution in [0.5, 0.6) is 0 Å². The minimum Gasteiger partial charge on any atom is -0.456 e. The largest absolute Gasteiger partial charge is 0.456 e. The molecule has 0 amide bonds. The van der Waals surface area contributed by atoms with Crippen molar-refractivity contribution in [3.05, 3.63) is 126 Å². The average molecular weight is 556 g/mol. The molecule has 2 aliphatic carbocycles. The van der Waals surface area contributed by atoms with E-state index in [0.717, 1.165) is 24.0 Å². The summed E-state index contributed by atoms with van der Waals surface area (Å²) >= 11 is 1.93. The highest BCUT2D eigenvalue weighted by atomic mass is 32.2. The Bertz CT molecular complexity index is 2310. The fourth-order valence-corrected chi connectivity index (χ4v) is 8.54. The number of anilines is 1. The zero-order valence-corrected chi connectivity index (χ0v) is 23.6. The van der Waals surface area contributed by atoms with Gasteiger partial charge in [0.05, 0.1) is 5.69 Å². The smallest absolute Gasteiger partial charge is 0.136 e. The second-order valence-corrected chi connectivity index (χ2v) is 12.7. The standard InChI is InChI=1S/C39H25NOS/c1-2-7-26-23(6-1)17-19-35-38(26)40-39(42-35)24-14-12-22(13-15-24)25-16-18-27-31(20-25)28-9-5-10-30-36(28)32(27)21-34-37(30)29-8-3-4-11-33(29)41-34/h1,3-6,8-21,39-40H,2,7H2. The average Bonchev–Trinajstić information content (AvgIpc) is 3.74. The Morgan fingerprint density at radius 2 is 1.55 bits per heavy atom. The number of nitrogens with one attached hydrogen (secondary N) is 1. The van der Waals surface area contributed by atoms with Crippen LogP contribution in [0.2, 0.25) is 0 Å². The van der Waals surface area contributed by atoms with E-state index >= 15 is 0 Å². The second kappa shape index (κ2) is 8.40. The molecule has 0 spiro atoms. The van der Waals surface area contributed by atoms with Crippen LogP contribution in [0.3, 0.4) is 0 Å². The maximum absolute atomic E-state index is 6.33. The van der Waals surface area contributed by atoms with E-state index in [4.69, 9.17) is 4.42 Å². The minimum absolute atomic E-state index is 0.243. The zero-order valence-electron chi connectivity index (χ0n) is 22.8. The SMILES string of the molecule is C1=Cc2ccc3c(c2CC1)NC(c1ccc(-c2ccc4c(c2)-c2cccc5c2c-4cc2oc4ccccc4c25)cc1)S3. The van der Waals surface area contributed by atoms with Gasteiger partial charge in [0.25, 0.3) is 0 Å². The molecule has 42 heavy (non-hydrogen) atoms. The van der Waals surface area contributed by atoms with Crippen LogP contribution in [-0.2, 0) is 6.42 Å². The summed E-state index contributed by atoms with van der Waals surface area (Å²) in [5, 5.41) is 9.08. The number of fused-ring (bicyclic) bond motifs is 10. The summed E-state index contributed by atoms with van der Waals surface area (Å²) in [6.45, 7) is 0. The maximum Gasteiger partial charge on any atom is 0.136 e. The Labute approximate surface area is 247 Å². The van der Waals surface area contributed by atoms with Crippen molar-refractivity contribution in [2.24, 2.45) is 0 Å². The lowest BCUT2D eigenvalue weighted by molar-refractivity contribution is 0.669. The van der Waals surface area contributed by atoms with Crippen LogP contribution in [0.15, 0.2) is 119 Å². The zero-order chi connectivity index (χ0) is 27.4. The fraction of sp³-hybridized carbons (Fsp3) is 0.0769. The third kappa shape index (κ3) is 3.12. The number of hydrogen-bond donors (Lipinski definition) is 1. The summed E-state index contributed by atoms with van der Waals surface area (Å²) in [6, 6.07) is 38.0. The van der Waals surface area contributed by atoms with Gasteiger partial charge in [-0.25, -0.2) is 0 Å². The molecule has 0 fully saturated rings. The van der Waals surface area contributed by atoms with Gasteiger partial charge in [0, 0.05) is 15.7 Å². The lowest BCUT2D eigenvalue weighted by atomic mass is 9.95. The number of para-hydroxylation sites is 1. The maximum atomic E-state index is 6.33. The van der Waals surface area contributed by atoms with Crippen molar-refractivity contribution in [1.82, 2.24) is 0 Å². The van der Waals surface area contributed by atoms with E-state index in [1.54, 1.807) is 0 Å². The topological polar surface area (TPSA) is 25.2 Å². The van der Waals surface area contributed by atoms with Gasteiger partial charge in [-0.3, -0.25) is 0 Å². The number of hydrogen-bond acceptors (Lipinski definition) is 3. The first-order valence-electron chi connectivity index (χ1n) is 14.7. The molecule has 3 heteroatoms. The van der Waals surface area contributed by atoms with Gasteiger partial charge in [0.1, 0.15) is 16.5 Å². The predicted octanol–water partition coefficient (Wildman–Crippen LogP) is 11.2. The van der Waals surface area contributed by atoms with Gasteiger partial charge in [-0.15, -0.1) is 0 Å². The monoisotopic (exact) mass is 555 g/mol. The molecule has 3 aliphatic rings. The first kappa shape index (κ1) is 22.9. The Hall–Kier alpha value is -4.73. The molecule has 2 heterocycles. The van der Waals surface area contributed by atoms with Crippen LogP contribution in [0.25, 0.3) is 72.2 Å². The van der Waals surface area contributed by atoms with Crippen molar-refractivity contribution >= 4 is 56.2 Å². The van der Waals surface area contributed by atoms with Crippen LogP contribution in [-0.4, -0.2) is 0 Å². The Morgan fingerprint density at radius 3 is 2.50 bits per heavy atom. The molecule has 0 saturated heterocycles. The quantitative estimate of drug-likeness (QED) is 0.230. The number of furan rings is 1. The number of allylic oxidation sites excluding steroid dienone is 1. The highest BCUT2D eigenvalue weighted by molar-refractivity contribution is 8.00. The van der Waals surface area contributed by atoms with E-state index in [1.165, 1.54) is 82.2 Å². The molecule has 1 aliphatic heterocycles. The molecule has 10 rings (SSSR count). The molecule has 2 nitrogen and oxygen atoms in total. The highest BCUT2D eigenvalue weighted by Gasteiger charge is 2.28. The van der Waals surface area contributed by atoms with E-state index in [0.29, 0.717) is 0 Å². The summed E-state index contributed by atoms with van der Waals surface area (Å²) in [4.78, 5) is 1.37. The molecule has 1 aromatic heterocycles. The summed E-state index contributed by atoms with van der Waals surface area (Å²) in [6.07, 6.45) is 6.79. The van der Waals surface area contributed by atoms with E-state index in [1.807, 2.05) is 17.8 Å². The minimum atomic E-state index is 0.243. The van der Waals surface area contributed by atoms with Crippen molar-refractivity contribution in [3.63, 3.8) is 0 Å². The molecular formula is C39H25NOS. The Morgan fingerprint density at radius 1 is 0.667 bits per heavy atom. The lowest BCUT2D eigenvalue weighted by Crippen LogP contribution is -2.04. The molecular weight excluding hydrogens is 531 g/mol. The molecule has 198 valence electrons. The van der Waals surface area contributed by atoms with Crippen molar-refractivity contribution in [2.75, 3.05) is 5.32 Å². The Kier molecular flexibility index (Phi) is 4.58. The van der Waals surface area contributed by atoms with Crippen molar-refractivity contribution in [1.29, 1.82) is 0 Å². The van der Waals surface area contributed by atoms with Crippen molar-refractivity contribution in [3.8, 4) is 33.4 Å². The van der Waals surface area contributed by atoms with E-state index in [-0.39, 0.29) is 5.37 Å². The van der Waals surface area contributed by atoms with Gasteiger partial charge in [-0.1, -0.05) is 103 Å². The summed E-state index contributed by atoms with van der Waals surface area (Å²) < 4.78 is 6.33. The number of rotatable bonds is 2. The van der Waals surface area contributed by atoms with Crippen LogP contribution >= 0.6 is 11.8 Å². The lowest BCUT2D eigenvalue weighted by Gasteiger charge is -2.16. The molecule has 0 radical (unpaired) electrons. The molecule has 0 bridgehead atoms. The van der Waals surface area contributed by atoms with Gasteiger partial charge >= 0.3 is 0 Å². The van der Waals surface area contributed by atoms with Gasteiger partial charge in [-0.2, -0.15) is 0 Å². The van der Waals surface area contributed by atoms with E-state index < -0.39 is 0 Å². The van der Waals surface area contributed by atoms with Crippen LogP contribution < -0.4 is 5.32 Å². The van der Waals surface area contributed by atoms with Crippen LogP contribution in [0, 0.1) is 0 Å². The predicted molar refractivity (Wildman–Crippen MR) is 177 cm³/mol. The van der Waals surface area contributed by atoms with Gasteiger partial charge in [-0.05, 0) is 98.0 Å². The van der Waals surface area contributed by atoms with Gasteiger partial charge in [0.15, 0.2) is 0 Å². The van der Waals surface area contributed by atoms with Crippen molar-refractivity contribution < 1.29 is 4.42 Å². The summed E-state index contributed by atoms with van der Waals surface area (Å²) in [5.41, 5.74) is 15.0. The molecule has 6 aromatic carbocycles. The second-order valence-electron chi connectivity index (χ2n) is 11.6. The molecule has 1 N–H and O–H groups in total. The normalized spacial score (nSPS) is 16.1. The first-order valence-corrected chi connectivity index (χ1v) is 15.6. The molecule has 1 atom stereocenters. The molecule has 0 saturated carbocycles. The third-order valence-electron chi connectivity index (χ3n) is 9.34. The third-order valence-corrected chi connectivity index (χ3v) is 10.6. The highest BCUT2D eigenvalue weighted by Crippen LogP contribution is 2.52. The number of thioether (sulfide) groups is 1. The van der Waals surface area contributed by atoms with Crippen LogP contribution in [0.4, 0.5) is 5.69 Å². The number of benzene rings is 6. The molecule has 7 aromatic rings. The van der Waals surface area contributed by atoms with Gasteiger partial charge < -0.3 is 9.73 Å².